The smallest absolute Gasteiger partial charge is 0.328 e. The molecule has 0 saturated heterocycles. The zero-order valence-corrected chi connectivity index (χ0v) is 12.0. The van der Waals surface area contributed by atoms with E-state index in [9.17, 15) is 9.59 Å². The maximum Gasteiger partial charge on any atom is 0.328 e. The number of rotatable bonds is 7. The Morgan fingerprint density at radius 1 is 1.32 bits per heavy atom. The van der Waals surface area contributed by atoms with E-state index in [0.29, 0.717) is 5.56 Å². The average Bonchev–Trinajstić information content (AvgIpc) is 3.02. The molecule has 7 heteroatoms. The van der Waals surface area contributed by atoms with Gasteiger partial charge in [0.25, 0.3) is 0 Å². The second kappa shape index (κ2) is 7.37. The zero-order valence-electron chi connectivity index (χ0n) is 12.0. The molecule has 0 spiro atoms. The van der Waals surface area contributed by atoms with Crippen molar-refractivity contribution in [3.63, 3.8) is 0 Å². The summed E-state index contributed by atoms with van der Waals surface area (Å²) in [6.45, 7) is -0.109. The van der Waals surface area contributed by atoms with Crippen molar-refractivity contribution in [1.29, 1.82) is 0 Å². The molecule has 0 aliphatic rings. The molecule has 0 aliphatic heterocycles. The molecule has 2 rings (SSSR count). The number of methoxy groups -OCH3 is 1. The van der Waals surface area contributed by atoms with Crippen LogP contribution in [0.1, 0.15) is 11.6 Å². The molecule has 2 unspecified atom stereocenters. The minimum atomic E-state index is -1.15. The van der Waals surface area contributed by atoms with Gasteiger partial charge in [-0.05, 0) is 11.6 Å². The van der Waals surface area contributed by atoms with Crippen molar-refractivity contribution in [3.8, 4) is 0 Å². The molecule has 116 valence electrons. The normalized spacial score (nSPS) is 13.3. The number of nitrogens with zero attached hydrogens (tertiary/aromatic N) is 2. The highest BCUT2D eigenvalue weighted by Crippen LogP contribution is 2.17. The fraction of sp³-hybridized carbons (Fsp3) is 0.267. The van der Waals surface area contributed by atoms with Gasteiger partial charge in [-0.3, -0.25) is 9.48 Å². The summed E-state index contributed by atoms with van der Waals surface area (Å²) in [5.41, 5.74) is 0.713. The van der Waals surface area contributed by atoms with Crippen LogP contribution in [0.15, 0.2) is 48.8 Å². The fourth-order valence-electron chi connectivity index (χ4n) is 2.08. The standard InChI is InChI=1S/C15H17N3O4/c1-22-10-12(15(20)21)17-14(19)13(18-9-5-8-16-18)11-6-3-2-4-7-11/h2-9,12-13H,10H2,1H3,(H,17,19)(H,20,21). The van der Waals surface area contributed by atoms with Crippen LogP contribution in [0.3, 0.4) is 0 Å². The Hall–Kier alpha value is -2.67. The molecule has 0 saturated carbocycles. The first-order valence-electron chi connectivity index (χ1n) is 6.69. The van der Waals surface area contributed by atoms with Gasteiger partial charge >= 0.3 is 5.97 Å². The lowest BCUT2D eigenvalue weighted by Crippen LogP contribution is -2.46. The quantitative estimate of drug-likeness (QED) is 0.785. The second-order valence-corrected chi connectivity index (χ2v) is 4.65. The van der Waals surface area contributed by atoms with Gasteiger partial charge in [0.1, 0.15) is 0 Å². The van der Waals surface area contributed by atoms with E-state index in [-0.39, 0.29) is 6.61 Å². The van der Waals surface area contributed by atoms with Gasteiger partial charge in [0.2, 0.25) is 5.91 Å². The van der Waals surface area contributed by atoms with Crippen LogP contribution in [0, 0.1) is 0 Å². The van der Waals surface area contributed by atoms with Crippen molar-refractivity contribution < 1.29 is 19.4 Å². The third-order valence-corrected chi connectivity index (χ3v) is 3.10. The lowest BCUT2D eigenvalue weighted by atomic mass is 10.1. The number of carboxylic acids is 1. The number of benzene rings is 1. The van der Waals surface area contributed by atoms with E-state index in [4.69, 9.17) is 9.84 Å². The Balaban J connectivity index is 2.26. The van der Waals surface area contributed by atoms with Crippen LogP contribution in [0.4, 0.5) is 0 Å². The number of carboxylic acid groups (broad SMARTS) is 1. The third kappa shape index (κ3) is 3.70. The number of carbonyl (C=O) groups is 2. The van der Waals surface area contributed by atoms with E-state index in [1.165, 1.54) is 11.8 Å². The van der Waals surface area contributed by atoms with E-state index in [2.05, 4.69) is 10.4 Å². The van der Waals surface area contributed by atoms with Crippen molar-refractivity contribution in [2.45, 2.75) is 12.1 Å². The highest BCUT2D eigenvalue weighted by Gasteiger charge is 2.27. The number of aliphatic carboxylic acids is 1. The average molecular weight is 303 g/mol. The third-order valence-electron chi connectivity index (χ3n) is 3.10. The number of ether oxygens (including phenoxy) is 1. The van der Waals surface area contributed by atoms with Gasteiger partial charge in [-0.1, -0.05) is 30.3 Å². The Morgan fingerprint density at radius 3 is 2.59 bits per heavy atom. The molecule has 2 N–H and O–H groups in total. The summed E-state index contributed by atoms with van der Waals surface area (Å²) in [5.74, 6) is -1.61. The molecule has 1 amide bonds. The van der Waals surface area contributed by atoms with Crippen molar-refractivity contribution in [3.05, 3.63) is 54.4 Å². The molecule has 1 aromatic heterocycles. The molecule has 2 aromatic rings. The molecular formula is C15H17N3O4. The van der Waals surface area contributed by atoms with Crippen molar-refractivity contribution in [2.75, 3.05) is 13.7 Å². The van der Waals surface area contributed by atoms with Crippen LogP contribution in [0.2, 0.25) is 0 Å². The number of carbonyl (C=O) groups excluding carboxylic acids is 1. The van der Waals surface area contributed by atoms with Crippen LogP contribution in [0.5, 0.6) is 0 Å². The summed E-state index contributed by atoms with van der Waals surface area (Å²) >= 11 is 0. The molecule has 0 fully saturated rings. The Kier molecular flexibility index (Phi) is 5.26. The molecule has 2 atom stereocenters. The lowest BCUT2D eigenvalue weighted by molar-refractivity contribution is -0.143. The summed E-state index contributed by atoms with van der Waals surface area (Å²) < 4.78 is 6.31. The zero-order chi connectivity index (χ0) is 15.9. The summed E-state index contributed by atoms with van der Waals surface area (Å²) in [6.07, 6.45) is 3.22. The number of aromatic nitrogens is 2. The van der Waals surface area contributed by atoms with Gasteiger partial charge < -0.3 is 15.2 Å². The molecule has 1 heterocycles. The van der Waals surface area contributed by atoms with Gasteiger partial charge in [0.15, 0.2) is 12.1 Å². The Morgan fingerprint density at radius 2 is 2.05 bits per heavy atom. The largest absolute Gasteiger partial charge is 0.480 e. The predicted octanol–water partition coefficient (Wildman–Crippen LogP) is 0.688. The van der Waals surface area contributed by atoms with Crippen LogP contribution >= 0.6 is 0 Å². The molecule has 0 radical (unpaired) electrons. The minimum Gasteiger partial charge on any atom is -0.480 e. The van der Waals surface area contributed by atoms with Crippen molar-refractivity contribution in [1.82, 2.24) is 15.1 Å². The first-order valence-corrected chi connectivity index (χ1v) is 6.69. The van der Waals surface area contributed by atoms with Gasteiger partial charge in [-0.2, -0.15) is 5.10 Å². The second-order valence-electron chi connectivity index (χ2n) is 4.65. The summed E-state index contributed by atoms with van der Waals surface area (Å²) in [7, 11) is 1.38. The molecule has 7 nitrogen and oxygen atoms in total. The molecule has 1 aromatic carbocycles. The Bertz CT molecular complexity index is 613. The van der Waals surface area contributed by atoms with E-state index in [1.807, 2.05) is 18.2 Å². The van der Waals surface area contributed by atoms with Crippen molar-refractivity contribution >= 4 is 11.9 Å². The van der Waals surface area contributed by atoms with Crippen LogP contribution in [-0.4, -0.2) is 46.5 Å². The number of nitrogens with one attached hydrogen (secondary N) is 1. The highest BCUT2D eigenvalue weighted by molar-refractivity contribution is 5.88. The molecule has 0 aliphatic carbocycles. The predicted molar refractivity (Wildman–Crippen MR) is 78.3 cm³/mol. The van der Waals surface area contributed by atoms with Crippen LogP contribution < -0.4 is 5.32 Å². The van der Waals surface area contributed by atoms with Crippen LogP contribution in [-0.2, 0) is 14.3 Å². The summed E-state index contributed by atoms with van der Waals surface area (Å²) in [6, 6.07) is 8.89. The van der Waals surface area contributed by atoms with E-state index >= 15 is 0 Å². The summed E-state index contributed by atoms with van der Waals surface area (Å²) in [5, 5.41) is 15.7. The van der Waals surface area contributed by atoms with E-state index in [1.54, 1.807) is 30.6 Å². The maximum absolute atomic E-state index is 12.5. The first kappa shape index (κ1) is 15.7. The number of amides is 1. The number of hydrogen-bond donors (Lipinski definition) is 2. The van der Waals surface area contributed by atoms with E-state index in [0.717, 1.165) is 0 Å². The monoisotopic (exact) mass is 303 g/mol. The fourth-order valence-corrected chi connectivity index (χ4v) is 2.08. The van der Waals surface area contributed by atoms with Gasteiger partial charge in [-0.25, -0.2) is 4.79 Å². The molecule has 0 bridgehead atoms. The highest BCUT2D eigenvalue weighted by atomic mass is 16.5. The molecular weight excluding hydrogens is 286 g/mol. The summed E-state index contributed by atoms with van der Waals surface area (Å²) in [4.78, 5) is 23.7. The van der Waals surface area contributed by atoms with Crippen LogP contribution in [0.25, 0.3) is 0 Å². The lowest BCUT2D eigenvalue weighted by Gasteiger charge is -2.20. The SMILES string of the molecule is COCC(NC(=O)C(c1ccccc1)n1cccn1)C(=O)O. The number of hydrogen-bond acceptors (Lipinski definition) is 4. The van der Waals surface area contributed by atoms with Crippen molar-refractivity contribution in [2.24, 2.45) is 0 Å². The van der Waals surface area contributed by atoms with Gasteiger partial charge in [0, 0.05) is 19.5 Å². The van der Waals surface area contributed by atoms with E-state index < -0.39 is 24.0 Å². The van der Waals surface area contributed by atoms with Gasteiger partial charge in [0.05, 0.1) is 6.61 Å². The Labute approximate surface area is 127 Å². The minimum absolute atomic E-state index is 0.109. The molecule has 22 heavy (non-hydrogen) atoms. The first-order chi connectivity index (χ1) is 10.6. The topological polar surface area (TPSA) is 93.5 Å². The van der Waals surface area contributed by atoms with Gasteiger partial charge in [-0.15, -0.1) is 0 Å². The maximum atomic E-state index is 12.5.